The van der Waals surface area contributed by atoms with Gasteiger partial charge in [0.05, 0.1) is 6.54 Å². The van der Waals surface area contributed by atoms with E-state index in [1.54, 1.807) is 36.4 Å². The van der Waals surface area contributed by atoms with Crippen LogP contribution in [0.4, 0.5) is 0 Å². The second-order valence-electron chi connectivity index (χ2n) is 5.23. The van der Waals surface area contributed by atoms with Gasteiger partial charge in [0.1, 0.15) is 12.4 Å². The van der Waals surface area contributed by atoms with E-state index in [2.05, 4.69) is 11.9 Å². The minimum atomic E-state index is -0.541. The van der Waals surface area contributed by atoms with Crippen molar-refractivity contribution in [2.24, 2.45) is 0 Å². The van der Waals surface area contributed by atoms with Gasteiger partial charge >= 0.3 is 5.97 Å². The zero-order valence-corrected chi connectivity index (χ0v) is 14.1. The third-order valence-electron chi connectivity index (χ3n) is 3.36. The van der Waals surface area contributed by atoms with Crippen molar-refractivity contribution in [2.45, 2.75) is 0 Å². The maximum Gasteiger partial charge on any atom is 0.330 e. The molecule has 0 aliphatic heterocycles. The van der Waals surface area contributed by atoms with Gasteiger partial charge in [-0.15, -0.1) is 0 Å². The predicted molar refractivity (Wildman–Crippen MR) is 96.0 cm³/mol. The number of esters is 1. The SMILES string of the molecule is C=CC(=O)OCCNC(=O)COc1ccc(C(=O)c2ccccc2)cc1. The fourth-order valence-corrected chi connectivity index (χ4v) is 2.06. The van der Waals surface area contributed by atoms with Gasteiger partial charge in [-0.25, -0.2) is 4.79 Å². The van der Waals surface area contributed by atoms with E-state index in [9.17, 15) is 14.4 Å². The fourth-order valence-electron chi connectivity index (χ4n) is 2.06. The number of ether oxygens (including phenoxy) is 2. The molecule has 0 fully saturated rings. The summed E-state index contributed by atoms with van der Waals surface area (Å²) in [6, 6.07) is 15.5. The van der Waals surface area contributed by atoms with Gasteiger partial charge in [-0.2, -0.15) is 0 Å². The Balaban J connectivity index is 1.77. The molecular formula is C20H19NO5. The van der Waals surface area contributed by atoms with E-state index >= 15 is 0 Å². The number of hydrogen-bond acceptors (Lipinski definition) is 5. The van der Waals surface area contributed by atoms with E-state index in [4.69, 9.17) is 9.47 Å². The van der Waals surface area contributed by atoms with Crippen LogP contribution < -0.4 is 10.1 Å². The van der Waals surface area contributed by atoms with Gasteiger partial charge in [0.15, 0.2) is 12.4 Å². The van der Waals surface area contributed by atoms with Crippen molar-refractivity contribution in [3.05, 3.63) is 78.4 Å². The number of benzene rings is 2. The van der Waals surface area contributed by atoms with Crippen LogP contribution in [0, 0.1) is 0 Å². The van der Waals surface area contributed by atoms with E-state index < -0.39 is 5.97 Å². The summed E-state index contributed by atoms with van der Waals surface area (Å²) >= 11 is 0. The van der Waals surface area contributed by atoms with E-state index in [0.29, 0.717) is 16.9 Å². The van der Waals surface area contributed by atoms with E-state index in [1.165, 1.54) is 0 Å². The summed E-state index contributed by atoms with van der Waals surface area (Å²) in [6.07, 6.45) is 1.05. The molecule has 0 heterocycles. The van der Waals surface area contributed by atoms with Crippen LogP contribution in [0.25, 0.3) is 0 Å². The Labute approximate surface area is 151 Å². The third kappa shape index (κ3) is 5.90. The molecule has 26 heavy (non-hydrogen) atoms. The summed E-state index contributed by atoms with van der Waals surface area (Å²) in [5.41, 5.74) is 1.15. The van der Waals surface area contributed by atoms with Gasteiger partial charge in [0.25, 0.3) is 5.91 Å². The Kier molecular flexibility index (Phi) is 7.12. The Morgan fingerprint density at radius 1 is 0.962 bits per heavy atom. The molecule has 0 unspecified atom stereocenters. The van der Waals surface area contributed by atoms with Crippen LogP contribution in [0.15, 0.2) is 67.3 Å². The fraction of sp³-hybridized carbons (Fsp3) is 0.150. The number of nitrogens with one attached hydrogen (secondary N) is 1. The average Bonchev–Trinajstić information content (AvgIpc) is 2.70. The molecule has 0 spiro atoms. The highest BCUT2D eigenvalue weighted by Crippen LogP contribution is 2.15. The zero-order chi connectivity index (χ0) is 18.8. The second kappa shape index (κ2) is 9.78. The second-order valence-corrected chi connectivity index (χ2v) is 5.23. The molecule has 134 valence electrons. The predicted octanol–water partition coefficient (Wildman–Crippen LogP) is 2.14. The first-order valence-electron chi connectivity index (χ1n) is 7.98. The highest BCUT2D eigenvalue weighted by atomic mass is 16.5. The van der Waals surface area contributed by atoms with Crippen LogP contribution in [0.5, 0.6) is 5.75 Å². The van der Waals surface area contributed by atoms with Crippen LogP contribution in [0.1, 0.15) is 15.9 Å². The van der Waals surface area contributed by atoms with Crippen molar-refractivity contribution in [1.82, 2.24) is 5.32 Å². The Morgan fingerprint density at radius 2 is 1.62 bits per heavy atom. The molecule has 0 saturated carbocycles. The first kappa shape index (κ1) is 18.9. The number of hydrogen-bond donors (Lipinski definition) is 1. The molecule has 2 rings (SSSR count). The molecule has 0 aromatic heterocycles. The quantitative estimate of drug-likeness (QED) is 0.323. The van der Waals surface area contributed by atoms with Gasteiger partial charge < -0.3 is 14.8 Å². The van der Waals surface area contributed by atoms with E-state index in [0.717, 1.165) is 6.08 Å². The smallest absolute Gasteiger partial charge is 0.330 e. The summed E-state index contributed by atoms with van der Waals surface area (Å²) in [4.78, 5) is 34.8. The monoisotopic (exact) mass is 353 g/mol. The highest BCUT2D eigenvalue weighted by Gasteiger charge is 2.09. The molecule has 6 heteroatoms. The molecule has 6 nitrogen and oxygen atoms in total. The largest absolute Gasteiger partial charge is 0.484 e. The zero-order valence-electron chi connectivity index (χ0n) is 14.1. The number of carbonyl (C=O) groups excluding carboxylic acids is 3. The molecule has 0 saturated heterocycles. The van der Waals surface area contributed by atoms with Crippen LogP contribution >= 0.6 is 0 Å². The van der Waals surface area contributed by atoms with Crippen molar-refractivity contribution in [2.75, 3.05) is 19.8 Å². The highest BCUT2D eigenvalue weighted by molar-refractivity contribution is 6.08. The molecule has 1 N–H and O–H groups in total. The van der Waals surface area contributed by atoms with Crippen molar-refractivity contribution >= 4 is 17.7 Å². The molecule has 0 bridgehead atoms. The molecule has 1 amide bonds. The molecule has 2 aromatic carbocycles. The summed E-state index contributed by atoms with van der Waals surface area (Å²) < 4.78 is 10.1. The Hall–Kier alpha value is -3.41. The first-order chi connectivity index (χ1) is 12.6. The lowest BCUT2D eigenvalue weighted by atomic mass is 10.0. The van der Waals surface area contributed by atoms with Crippen molar-refractivity contribution in [3.63, 3.8) is 0 Å². The van der Waals surface area contributed by atoms with E-state index in [1.807, 2.05) is 18.2 Å². The lowest BCUT2D eigenvalue weighted by molar-refractivity contribution is -0.138. The minimum absolute atomic E-state index is 0.0624. The van der Waals surface area contributed by atoms with Gasteiger partial charge in [-0.05, 0) is 24.3 Å². The van der Waals surface area contributed by atoms with Crippen LogP contribution in [-0.2, 0) is 14.3 Å². The van der Waals surface area contributed by atoms with Crippen molar-refractivity contribution < 1.29 is 23.9 Å². The topological polar surface area (TPSA) is 81.7 Å². The van der Waals surface area contributed by atoms with Crippen LogP contribution in [0.3, 0.4) is 0 Å². The van der Waals surface area contributed by atoms with Crippen molar-refractivity contribution in [3.8, 4) is 5.75 Å². The average molecular weight is 353 g/mol. The van der Waals surface area contributed by atoms with Crippen molar-refractivity contribution in [1.29, 1.82) is 0 Å². The molecule has 0 radical (unpaired) electrons. The lowest BCUT2D eigenvalue weighted by Gasteiger charge is -2.08. The third-order valence-corrected chi connectivity index (χ3v) is 3.36. The van der Waals surface area contributed by atoms with Crippen LogP contribution in [-0.4, -0.2) is 37.4 Å². The maximum absolute atomic E-state index is 12.3. The maximum atomic E-state index is 12.3. The molecule has 2 aromatic rings. The lowest BCUT2D eigenvalue weighted by Crippen LogP contribution is -2.32. The molecular weight excluding hydrogens is 334 g/mol. The number of ketones is 1. The van der Waals surface area contributed by atoms with Gasteiger partial charge in [0, 0.05) is 17.2 Å². The van der Waals surface area contributed by atoms with Gasteiger partial charge in [-0.3, -0.25) is 9.59 Å². The van der Waals surface area contributed by atoms with E-state index in [-0.39, 0.29) is 31.4 Å². The van der Waals surface area contributed by atoms with Gasteiger partial charge in [0.2, 0.25) is 0 Å². The summed E-state index contributed by atoms with van der Waals surface area (Å²) in [7, 11) is 0. The Bertz CT molecular complexity index is 769. The standard InChI is InChI=1S/C20H19NO5/c1-2-19(23)25-13-12-21-18(22)14-26-17-10-8-16(9-11-17)20(24)15-6-4-3-5-7-15/h2-11H,1,12-14H2,(H,21,22). The number of rotatable bonds is 9. The number of amides is 1. The van der Waals surface area contributed by atoms with Gasteiger partial charge in [-0.1, -0.05) is 36.9 Å². The summed E-state index contributed by atoms with van der Waals surface area (Å²) in [5.74, 6) is -0.489. The summed E-state index contributed by atoms with van der Waals surface area (Å²) in [6.45, 7) is 3.34. The van der Waals surface area contributed by atoms with Crippen LogP contribution in [0.2, 0.25) is 0 Å². The Morgan fingerprint density at radius 3 is 2.27 bits per heavy atom. The molecule has 0 aliphatic carbocycles. The molecule has 0 atom stereocenters. The summed E-state index contributed by atoms with van der Waals surface area (Å²) in [5, 5.41) is 2.55. The normalized spacial score (nSPS) is 9.85. The molecule has 0 aliphatic rings. The first-order valence-corrected chi connectivity index (χ1v) is 7.98. The minimum Gasteiger partial charge on any atom is -0.484 e. The number of carbonyl (C=O) groups is 3.